The van der Waals surface area contributed by atoms with Gasteiger partial charge in [0.1, 0.15) is 5.58 Å². The summed E-state index contributed by atoms with van der Waals surface area (Å²) in [6.45, 7) is 1.45. The Hall–Kier alpha value is -2.33. The zero-order valence-corrected chi connectivity index (χ0v) is 11.3. The number of rotatable bonds is 5. The van der Waals surface area contributed by atoms with Gasteiger partial charge < -0.3 is 14.5 Å². The number of fused-ring (bicyclic) bond motifs is 1. The molecule has 1 N–H and O–H groups in total. The molecule has 4 heteroatoms. The van der Waals surface area contributed by atoms with E-state index in [0.717, 1.165) is 28.6 Å². The number of hydrogen-bond acceptors (Lipinski definition) is 4. The molecule has 0 atom stereocenters. The molecule has 0 spiro atoms. The van der Waals surface area contributed by atoms with E-state index in [-0.39, 0.29) is 0 Å². The van der Waals surface area contributed by atoms with E-state index in [2.05, 4.69) is 16.4 Å². The van der Waals surface area contributed by atoms with Crippen LogP contribution in [0.5, 0.6) is 5.88 Å². The van der Waals surface area contributed by atoms with E-state index in [1.807, 2.05) is 30.3 Å². The molecule has 0 aliphatic rings. The van der Waals surface area contributed by atoms with Gasteiger partial charge in [-0.1, -0.05) is 24.3 Å². The van der Waals surface area contributed by atoms with Gasteiger partial charge in [-0.05, 0) is 12.1 Å². The molecule has 20 heavy (non-hydrogen) atoms. The van der Waals surface area contributed by atoms with E-state index in [1.165, 1.54) is 0 Å². The highest BCUT2D eigenvalue weighted by molar-refractivity contribution is 5.80. The Morgan fingerprint density at radius 2 is 1.95 bits per heavy atom. The molecule has 0 aliphatic heterocycles. The largest absolute Gasteiger partial charge is 0.481 e. The molecule has 0 fully saturated rings. The molecule has 0 saturated heterocycles. The van der Waals surface area contributed by atoms with Crippen LogP contribution in [0.3, 0.4) is 0 Å². The average molecular weight is 268 g/mol. The third kappa shape index (κ3) is 2.51. The number of aromatic nitrogens is 1. The normalized spacial score (nSPS) is 10.8. The van der Waals surface area contributed by atoms with Gasteiger partial charge in [0.15, 0.2) is 0 Å². The second-order valence-corrected chi connectivity index (χ2v) is 4.53. The first-order chi connectivity index (χ1) is 9.88. The van der Waals surface area contributed by atoms with Crippen LogP contribution in [0, 0.1) is 0 Å². The molecule has 102 valence electrons. The summed E-state index contributed by atoms with van der Waals surface area (Å²) < 4.78 is 10.8. The van der Waals surface area contributed by atoms with Crippen molar-refractivity contribution in [1.82, 2.24) is 10.3 Å². The number of benzene rings is 1. The number of methoxy groups -OCH3 is 1. The van der Waals surface area contributed by atoms with Crippen molar-refractivity contribution >= 4 is 11.0 Å². The molecular weight excluding hydrogens is 252 g/mol. The van der Waals surface area contributed by atoms with Crippen molar-refractivity contribution in [3.8, 4) is 5.88 Å². The number of nitrogens with zero attached hydrogens (tertiary/aromatic N) is 1. The third-order valence-corrected chi connectivity index (χ3v) is 3.24. The Morgan fingerprint density at radius 3 is 2.85 bits per heavy atom. The first-order valence-corrected chi connectivity index (χ1v) is 6.52. The topological polar surface area (TPSA) is 47.3 Å². The van der Waals surface area contributed by atoms with Crippen LogP contribution in [0.25, 0.3) is 11.0 Å². The number of nitrogens with one attached hydrogen (secondary N) is 1. The minimum Gasteiger partial charge on any atom is -0.481 e. The van der Waals surface area contributed by atoms with Crippen LogP contribution in [0.1, 0.15) is 11.1 Å². The summed E-state index contributed by atoms with van der Waals surface area (Å²) in [7, 11) is 1.63. The van der Waals surface area contributed by atoms with Crippen LogP contribution >= 0.6 is 0 Å². The summed E-state index contributed by atoms with van der Waals surface area (Å²) in [5, 5.41) is 4.54. The van der Waals surface area contributed by atoms with Crippen molar-refractivity contribution in [3.63, 3.8) is 0 Å². The van der Waals surface area contributed by atoms with Crippen molar-refractivity contribution in [2.45, 2.75) is 13.1 Å². The van der Waals surface area contributed by atoms with Crippen LogP contribution in [0.2, 0.25) is 0 Å². The maximum absolute atomic E-state index is 5.52. The van der Waals surface area contributed by atoms with Crippen LogP contribution < -0.4 is 10.1 Å². The molecule has 3 rings (SSSR count). The van der Waals surface area contributed by atoms with Gasteiger partial charge in [-0.2, -0.15) is 0 Å². The smallest absolute Gasteiger partial charge is 0.217 e. The number of ether oxygens (including phenoxy) is 1. The number of furan rings is 1. The van der Waals surface area contributed by atoms with Gasteiger partial charge in [-0.3, -0.25) is 0 Å². The Morgan fingerprint density at radius 1 is 1.10 bits per heavy atom. The fraction of sp³-hybridized carbons (Fsp3) is 0.188. The fourth-order valence-corrected chi connectivity index (χ4v) is 2.24. The molecule has 0 bridgehead atoms. The lowest BCUT2D eigenvalue weighted by atomic mass is 10.2. The second kappa shape index (κ2) is 5.75. The van der Waals surface area contributed by atoms with Gasteiger partial charge in [0, 0.05) is 35.8 Å². The predicted octanol–water partition coefficient (Wildman–Crippen LogP) is 3.13. The van der Waals surface area contributed by atoms with Crippen molar-refractivity contribution in [1.29, 1.82) is 0 Å². The lowest BCUT2D eigenvalue weighted by Gasteiger charge is -2.07. The number of para-hydroxylation sites is 1. The van der Waals surface area contributed by atoms with Gasteiger partial charge in [0.2, 0.25) is 5.88 Å². The van der Waals surface area contributed by atoms with Crippen LogP contribution in [0.15, 0.2) is 53.3 Å². The van der Waals surface area contributed by atoms with Crippen molar-refractivity contribution in [3.05, 3.63) is 60.0 Å². The first-order valence-electron chi connectivity index (χ1n) is 6.52. The van der Waals surface area contributed by atoms with Gasteiger partial charge in [-0.25, -0.2) is 4.98 Å². The second-order valence-electron chi connectivity index (χ2n) is 4.53. The van der Waals surface area contributed by atoms with Crippen molar-refractivity contribution < 1.29 is 9.15 Å². The maximum Gasteiger partial charge on any atom is 0.217 e. The van der Waals surface area contributed by atoms with E-state index in [0.29, 0.717) is 12.4 Å². The molecule has 2 aromatic heterocycles. The van der Waals surface area contributed by atoms with Gasteiger partial charge in [0.25, 0.3) is 0 Å². The summed E-state index contributed by atoms with van der Waals surface area (Å²) >= 11 is 0. The molecule has 0 amide bonds. The molecule has 3 aromatic rings. The third-order valence-electron chi connectivity index (χ3n) is 3.24. The molecule has 0 radical (unpaired) electrons. The number of hydrogen-bond donors (Lipinski definition) is 1. The van der Waals surface area contributed by atoms with E-state index in [9.17, 15) is 0 Å². The number of pyridine rings is 1. The monoisotopic (exact) mass is 268 g/mol. The zero-order valence-electron chi connectivity index (χ0n) is 11.3. The summed E-state index contributed by atoms with van der Waals surface area (Å²) in [5.74, 6) is 0.664. The van der Waals surface area contributed by atoms with E-state index in [1.54, 1.807) is 19.6 Å². The van der Waals surface area contributed by atoms with Crippen molar-refractivity contribution in [2.75, 3.05) is 7.11 Å². The zero-order chi connectivity index (χ0) is 13.8. The molecule has 0 aliphatic carbocycles. The highest BCUT2D eigenvalue weighted by Crippen LogP contribution is 2.20. The van der Waals surface area contributed by atoms with Gasteiger partial charge in [-0.15, -0.1) is 0 Å². The van der Waals surface area contributed by atoms with Crippen molar-refractivity contribution in [2.24, 2.45) is 0 Å². The molecule has 2 heterocycles. The fourth-order valence-electron chi connectivity index (χ4n) is 2.24. The predicted molar refractivity (Wildman–Crippen MR) is 77.5 cm³/mol. The van der Waals surface area contributed by atoms with E-state index < -0.39 is 0 Å². The van der Waals surface area contributed by atoms with Crippen LogP contribution in [-0.4, -0.2) is 12.1 Å². The quantitative estimate of drug-likeness (QED) is 0.772. The maximum atomic E-state index is 5.52. The lowest BCUT2D eigenvalue weighted by molar-refractivity contribution is 0.390. The molecular formula is C16H16N2O2. The molecule has 0 unspecified atom stereocenters. The highest BCUT2D eigenvalue weighted by atomic mass is 16.5. The van der Waals surface area contributed by atoms with E-state index in [4.69, 9.17) is 9.15 Å². The van der Waals surface area contributed by atoms with Crippen LogP contribution in [-0.2, 0) is 13.1 Å². The Bertz CT molecular complexity index is 706. The SMILES string of the molecule is COc1ncccc1CNCc1coc2ccccc12. The summed E-state index contributed by atoms with van der Waals surface area (Å²) in [6, 6.07) is 12.0. The standard InChI is InChI=1S/C16H16N2O2/c1-19-16-12(5-4-8-18-16)9-17-10-13-11-20-15-7-3-2-6-14(13)15/h2-8,11,17H,9-10H2,1H3. The minimum atomic E-state index is 0.664. The van der Waals surface area contributed by atoms with Gasteiger partial charge in [0.05, 0.1) is 13.4 Å². The molecule has 1 aromatic carbocycles. The highest BCUT2D eigenvalue weighted by Gasteiger charge is 2.06. The molecule has 0 saturated carbocycles. The van der Waals surface area contributed by atoms with E-state index >= 15 is 0 Å². The Labute approximate surface area is 117 Å². The summed E-state index contributed by atoms with van der Waals surface area (Å²) in [5.41, 5.74) is 3.12. The lowest BCUT2D eigenvalue weighted by Crippen LogP contribution is -2.13. The van der Waals surface area contributed by atoms with Gasteiger partial charge >= 0.3 is 0 Å². The Balaban J connectivity index is 1.68. The molecule has 4 nitrogen and oxygen atoms in total. The minimum absolute atomic E-state index is 0.664. The Kier molecular flexibility index (Phi) is 3.65. The summed E-state index contributed by atoms with van der Waals surface area (Å²) in [6.07, 6.45) is 3.53. The summed E-state index contributed by atoms with van der Waals surface area (Å²) in [4.78, 5) is 4.18. The average Bonchev–Trinajstić information content (AvgIpc) is 2.91. The van der Waals surface area contributed by atoms with Crippen LogP contribution in [0.4, 0.5) is 0 Å². The first kappa shape index (κ1) is 12.7.